The number of rotatable bonds is 10. The predicted octanol–water partition coefficient (Wildman–Crippen LogP) is 3.83. The summed E-state index contributed by atoms with van der Waals surface area (Å²) in [6.45, 7) is 14.5. The van der Waals surface area contributed by atoms with Crippen LogP contribution in [0.2, 0.25) is 0 Å². The molecular formula is C24H35N3O3. The van der Waals surface area contributed by atoms with Crippen molar-refractivity contribution < 1.29 is 14.4 Å². The summed E-state index contributed by atoms with van der Waals surface area (Å²) in [5, 5.41) is 0.706. The monoisotopic (exact) mass is 413 g/mol. The Bertz CT molecular complexity index is 884. The number of hydrogen-bond donors (Lipinski definition) is 0. The molecule has 0 atom stereocenters. The minimum absolute atomic E-state index is 0.00711. The first-order chi connectivity index (χ1) is 14.2. The number of likely N-dealkylation sites (N-methyl/N-ethyl adjacent to an activating group) is 1. The minimum Gasteiger partial charge on any atom is -0.342 e. The van der Waals surface area contributed by atoms with Crippen molar-refractivity contribution in [2.24, 2.45) is 11.8 Å². The average molecular weight is 414 g/mol. The third kappa shape index (κ3) is 5.49. The molecule has 0 bridgehead atoms. The summed E-state index contributed by atoms with van der Waals surface area (Å²) in [6.07, 6.45) is 1.66. The number of hydrogen-bond acceptors (Lipinski definition) is 3. The largest absolute Gasteiger partial charge is 0.342 e. The predicted molar refractivity (Wildman–Crippen MR) is 120 cm³/mol. The average Bonchev–Trinajstić information content (AvgIpc) is 3.05. The molecule has 0 N–H and O–H groups in total. The lowest BCUT2D eigenvalue weighted by Crippen LogP contribution is -2.41. The standard InChI is InChI=1S/C24H35N3O3/c1-7-25(8-2)22(28)16-26-15-20(19-11-9-10-12-21(19)26)23(29)24(30)27(13-17(3)4)14-18(5)6/h9-12,15,17-18H,7-8,13-14,16H2,1-6H3. The first-order valence-corrected chi connectivity index (χ1v) is 10.9. The molecule has 30 heavy (non-hydrogen) atoms. The van der Waals surface area contributed by atoms with Gasteiger partial charge in [-0.2, -0.15) is 0 Å². The SMILES string of the molecule is CCN(CC)C(=O)Cn1cc(C(=O)C(=O)N(CC(C)C)CC(C)C)c2ccccc21. The quantitative estimate of drug-likeness (QED) is 0.439. The van der Waals surface area contributed by atoms with E-state index in [4.69, 9.17) is 0 Å². The Morgan fingerprint density at radius 3 is 2.00 bits per heavy atom. The van der Waals surface area contributed by atoms with Gasteiger partial charge in [0, 0.05) is 43.3 Å². The third-order valence-corrected chi connectivity index (χ3v) is 5.11. The Hall–Kier alpha value is -2.63. The van der Waals surface area contributed by atoms with Crippen LogP contribution in [0.15, 0.2) is 30.5 Å². The van der Waals surface area contributed by atoms with Gasteiger partial charge in [0.15, 0.2) is 0 Å². The Kier molecular flexibility index (Phi) is 8.21. The number of ketones is 1. The van der Waals surface area contributed by atoms with Crippen molar-refractivity contribution in [1.82, 2.24) is 14.4 Å². The molecular weight excluding hydrogens is 378 g/mol. The van der Waals surface area contributed by atoms with Crippen LogP contribution in [-0.4, -0.2) is 58.1 Å². The fourth-order valence-corrected chi connectivity index (χ4v) is 3.76. The van der Waals surface area contributed by atoms with Crippen molar-refractivity contribution in [3.05, 3.63) is 36.0 Å². The second-order valence-electron chi connectivity index (χ2n) is 8.58. The van der Waals surface area contributed by atoms with E-state index in [2.05, 4.69) is 0 Å². The van der Waals surface area contributed by atoms with Gasteiger partial charge in [0.05, 0.1) is 5.56 Å². The van der Waals surface area contributed by atoms with E-state index in [9.17, 15) is 14.4 Å². The normalized spacial score (nSPS) is 11.3. The maximum absolute atomic E-state index is 13.2. The smallest absolute Gasteiger partial charge is 0.295 e. The number of carbonyl (C=O) groups is 3. The van der Waals surface area contributed by atoms with E-state index in [-0.39, 0.29) is 24.3 Å². The molecule has 0 unspecified atom stereocenters. The molecule has 6 nitrogen and oxygen atoms in total. The van der Waals surface area contributed by atoms with Crippen LogP contribution < -0.4 is 0 Å². The van der Waals surface area contributed by atoms with Gasteiger partial charge in [-0.25, -0.2) is 0 Å². The Morgan fingerprint density at radius 1 is 0.900 bits per heavy atom. The topological polar surface area (TPSA) is 62.6 Å². The van der Waals surface area contributed by atoms with Gasteiger partial charge in [-0.3, -0.25) is 14.4 Å². The molecule has 2 amide bonds. The summed E-state index contributed by atoms with van der Waals surface area (Å²) in [7, 11) is 0. The van der Waals surface area contributed by atoms with Crippen molar-refractivity contribution in [1.29, 1.82) is 0 Å². The number of Topliss-reactive ketones (excluding diaryl/α,β-unsaturated/α-hetero) is 1. The lowest BCUT2D eigenvalue weighted by molar-refractivity contribution is -0.131. The number of aromatic nitrogens is 1. The Morgan fingerprint density at radius 2 is 1.47 bits per heavy atom. The van der Waals surface area contributed by atoms with E-state index >= 15 is 0 Å². The van der Waals surface area contributed by atoms with Crippen LogP contribution in [-0.2, 0) is 16.1 Å². The highest BCUT2D eigenvalue weighted by molar-refractivity contribution is 6.44. The number of para-hydroxylation sites is 1. The van der Waals surface area contributed by atoms with E-state index in [0.29, 0.717) is 37.1 Å². The molecule has 6 heteroatoms. The van der Waals surface area contributed by atoms with Gasteiger partial charge in [0.2, 0.25) is 5.91 Å². The lowest BCUT2D eigenvalue weighted by atomic mass is 10.1. The Labute approximate surface area is 179 Å². The number of nitrogens with zero attached hydrogens (tertiary/aromatic N) is 3. The molecule has 0 aliphatic carbocycles. The summed E-state index contributed by atoms with van der Waals surface area (Å²) in [6, 6.07) is 7.44. The first-order valence-electron chi connectivity index (χ1n) is 10.9. The third-order valence-electron chi connectivity index (χ3n) is 5.11. The van der Waals surface area contributed by atoms with Crippen molar-refractivity contribution in [2.45, 2.75) is 48.1 Å². The van der Waals surface area contributed by atoms with E-state index in [1.165, 1.54) is 0 Å². The maximum Gasteiger partial charge on any atom is 0.295 e. The van der Waals surface area contributed by atoms with E-state index < -0.39 is 11.7 Å². The van der Waals surface area contributed by atoms with Gasteiger partial charge in [0.1, 0.15) is 6.54 Å². The maximum atomic E-state index is 13.2. The van der Waals surface area contributed by atoms with Crippen LogP contribution >= 0.6 is 0 Å². The second-order valence-corrected chi connectivity index (χ2v) is 8.58. The molecule has 2 aromatic rings. The van der Waals surface area contributed by atoms with E-state index in [0.717, 1.165) is 5.52 Å². The highest BCUT2D eigenvalue weighted by Crippen LogP contribution is 2.23. The van der Waals surface area contributed by atoms with Gasteiger partial charge < -0.3 is 14.4 Å². The van der Waals surface area contributed by atoms with Gasteiger partial charge in [-0.1, -0.05) is 45.9 Å². The summed E-state index contributed by atoms with van der Waals surface area (Å²) in [5.41, 5.74) is 1.15. The van der Waals surface area contributed by atoms with Crippen LogP contribution in [0.5, 0.6) is 0 Å². The van der Waals surface area contributed by atoms with Gasteiger partial charge in [-0.15, -0.1) is 0 Å². The molecule has 0 saturated heterocycles. The Balaban J connectivity index is 2.40. The van der Waals surface area contributed by atoms with Crippen LogP contribution in [0.3, 0.4) is 0 Å². The van der Waals surface area contributed by atoms with Crippen LogP contribution in [0, 0.1) is 11.8 Å². The zero-order chi connectivity index (χ0) is 22.4. The molecule has 0 spiro atoms. The van der Waals surface area contributed by atoms with Crippen LogP contribution in [0.25, 0.3) is 10.9 Å². The summed E-state index contributed by atoms with van der Waals surface area (Å²) >= 11 is 0. The molecule has 1 heterocycles. The highest BCUT2D eigenvalue weighted by Gasteiger charge is 2.27. The van der Waals surface area contributed by atoms with Crippen molar-refractivity contribution in [3.63, 3.8) is 0 Å². The highest BCUT2D eigenvalue weighted by atomic mass is 16.2. The minimum atomic E-state index is -0.512. The fraction of sp³-hybridized carbons (Fsp3) is 0.542. The van der Waals surface area contributed by atoms with Crippen molar-refractivity contribution >= 4 is 28.5 Å². The van der Waals surface area contributed by atoms with E-state index in [1.54, 1.807) is 20.6 Å². The van der Waals surface area contributed by atoms with Gasteiger partial charge in [-0.05, 0) is 31.7 Å². The summed E-state index contributed by atoms with van der Waals surface area (Å²) in [5.74, 6) is -0.452. The molecule has 164 valence electrons. The molecule has 0 aliphatic heterocycles. The zero-order valence-electron chi connectivity index (χ0n) is 19.1. The van der Waals surface area contributed by atoms with E-state index in [1.807, 2.05) is 65.8 Å². The summed E-state index contributed by atoms with van der Waals surface area (Å²) < 4.78 is 1.78. The zero-order valence-corrected chi connectivity index (χ0v) is 19.1. The molecule has 1 aromatic heterocycles. The molecule has 0 saturated carbocycles. The lowest BCUT2D eigenvalue weighted by Gasteiger charge is -2.25. The number of fused-ring (bicyclic) bond motifs is 1. The van der Waals surface area contributed by atoms with Crippen LogP contribution in [0.1, 0.15) is 51.9 Å². The number of carbonyl (C=O) groups excluding carboxylic acids is 3. The van der Waals surface area contributed by atoms with Gasteiger partial charge in [0.25, 0.3) is 11.7 Å². The first kappa shape index (κ1) is 23.6. The second kappa shape index (κ2) is 10.4. The van der Waals surface area contributed by atoms with Crippen molar-refractivity contribution in [3.8, 4) is 0 Å². The fourth-order valence-electron chi connectivity index (χ4n) is 3.76. The molecule has 0 fully saturated rings. The van der Waals surface area contributed by atoms with Crippen LogP contribution in [0.4, 0.5) is 0 Å². The number of benzene rings is 1. The summed E-state index contributed by atoms with van der Waals surface area (Å²) in [4.78, 5) is 42.3. The van der Waals surface area contributed by atoms with Gasteiger partial charge >= 0.3 is 0 Å². The van der Waals surface area contributed by atoms with Crippen molar-refractivity contribution in [2.75, 3.05) is 26.2 Å². The molecule has 0 aliphatic rings. The number of amides is 2. The molecule has 0 radical (unpaired) electrons. The molecule has 1 aromatic carbocycles. The molecule has 2 rings (SSSR count).